The summed E-state index contributed by atoms with van der Waals surface area (Å²) in [6, 6.07) is 30.7. The van der Waals surface area contributed by atoms with Crippen LogP contribution in [0.1, 0.15) is 32.8 Å². The minimum absolute atomic E-state index is 0.0287. The van der Waals surface area contributed by atoms with Crippen molar-refractivity contribution in [2.75, 3.05) is 13.6 Å². The van der Waals surface area contributed by atoms with Crippen molar-refractivity contribution in [3.05, 3.63) is 114 Å². The molecule has 0 aliphatic heterocycles. The van der Waals surface area contributed by atoms with Gasteiger partial charge in [0, 0.05) is 30.6 Å². The van der Waals surface area contributed by atoms with Crippen molar-refractivity contribution < 1.29 is 9.59 Å². The third-order valence-corrected chi connectivity index (χ3v) is 5.80. The maximum atomic E-state index is 13.0. The molecule has 0 saturated carbocycles. The van der Waals surface area contributed by atoms with Crippen molar-refractivity contribution in [3.8, 4) is 0 Å². The summed E-state index contributed by atoms with van der Waals surface area (Å²) in [5.41, 5.74) is 2.99. The summed E-state index contributed by atoms with van der Waals surface area (Å²) >= 11 is 0. The molecule has 5 nitrogen and oxygen atoms in total. The first-order valence-electron chi connectivity index (χ1n) is 11.1. The smallest absolute Gasteiger partial charge is 0.269 e. The largest absolute Gasteiger partial charge is 0.351 e. The van der Waals surface area contributed by atoms with Crippen LogP contribution in [0, 0.1) is 0 Å². The summed E-state index contributed by atoms with van der Waals surface area (Å²) in [5, 5.41) is 3.97. The van der Waals surface area contributed by atoms with Crippen LogP contribution in [0.2, 0.25) is 0 Å². The van der Waals surface area contributed by atoms with Crippen molar-refractivity contribution >= 4 is 22.7 Å². The summed E-state index contributed by atoms with van der Waals surface area (Å²) in [5.74, 6) is -0.240. The molecule has 4 aromatic rings. The first-order valence-corrected chi connectivity index (χ1v) is 11.1. The molecule has 166 valence electrons. The Labute approximate surface area is 194 Å². The number of amides is 2. The lowest BCUT2D eigenvalue weighted by Gasteiger charge is -2.29. The predicted molar refractivity (Wildman–Crippen MR) is 131 cm³/mol. The van der Waals surface area contributed by atoms with E-state index >= 15 is 0 Å². The molecular formula is C28H27N3O2. The Balaban J connectivity index is 1.44. The van der Waals surface area contributed by atoms with Gasteiger partial charge in [0.2, 0.25) is 0 Å². The van der Waals surface area contributed by atoms with Crippen molar-refractivity contribution in [1.29, 1.82) is 0 Å². The van der Waals surface area contributed by atoms with Crippen LogP contribution >= 0.6 is 0 Å². The Kier molecular flexibility index (Phi) is 7.10. The molecule has 3 aromatic carbocycles. The Morgan fingerprint density at radius 2 is 1.52 bits per heavy atom. The highest BCUT2D eigenvalue weighted by molar-refractivity contribution is 5.95. The Morgan fingerprint density at radius 3 is 2.27 bits per heavy atom. The minimum Gasteiger partial charge on any atom is -0.351 e. The normalized spacial score (nSPS) is 11.7. The van der Waals surface area contributed by atoms with Gasteiger partial charge in [0.15, 0.2) is 0 Å². The molecule has 0 radical (unpaired) electrons. The molecule has 1 N–H and O–H groups in total. The molecule has 2 amide bonds. The Morgan fingerprint density at radius 1 is 0.848 bits per heavy atom. The third-order valence-electron chi connectivity index (χ3n) is 5.80. The molecule has 5 heteroatoms. The minimum atomic E-state index is -0.212. The number of rotatable bonds is 8. The molecule has 1 atom stereocenters. The maximum absolute atomic E-state index is 13.0. The van der Waals surface area contributed by atoms with Crippen LogP contribution in [0.25, 0.3) is 10.9 Å². The summed E-state index contributed by atoms with van der Waals surface area (Å²) in [7, 11) is 1.83. The standard InChI is InChI=1S/C28H27N3O2/c1-31(28(33)23-13-6-3-7-14-23)24(20-21-10-4-2-5-11-21)18-19-29-27(32)26-17-16-22-12-8-9-15-25(22)30-26/h2-17,24H,18-20H2,1H3,(H,29,32). The third kappa shape index (κ3) is 5.63. The van der Waals surface area contributed by atoms with Gasteiger partial charge in [0.25, 0.3) is 11.8 Å². The van der Waals surface area contributed by atoms with Crippen molar-refractivity contribution in [2.45, 2.75) is 18.9 Å². The highest BCUT2D eigenvalue weighted by atomic mass is 16.2. The molecule has 0 spiro atoms. The molecule has 0 bridgehead atoms. The average Bonchev–Trinajstić information content (AvgIpc) is 2.88. The number of carbonyl (C=O) groups excluding carboxylic acids is 2. The van der Waals surface area contributed by atoms with Crippen molar-refractivity contribution in [2.24, 2.45) is 0 Å². The lowest BCUT2D eigenvalue weighted by atomic mass is 10.0. The molecule has 0 fully saturated rings. The fraction of sp³-hybridized carbons (Fsp3) is 0.179. The molecule has 1 unspecified atom stereocenters. The number of nitrogens with zero attached hydrogens (tertiary/aromatic N) is 2. The van der Waals surface area contributed by atoms with E-state index in [4.69, 9.17) is 0 Å². The molecule has 33 heavy (non-hydrogen) atoms. The number of para-hydroxylation sites is 1. The highest BCUT2D eigenvalue weighted by Gasteiger charge is 2.22. The number of pyridine rings is 1. The number of benzene rings is 3. The zero-order chi connectivity index (χ0) is 23.0. The zero-order valence-electron chi connectivity index (χ0n) is 18.6. The molecule has 1 aromatic heterocycles. The fourth-order valence-electron chi connectivity index (χ4n) is 3.90. The fourth-order valence-corrected chi connectivity index (χ4v) is 3.90. The number of hydrogen-bond donors (Lipinski definition) is 1. The van der Waals surface area contributed by atoms with E-state index in [1.807, 2.05) is 85.9 Å². The van der Waals surface area contributed by atoms with E-state index in [2.05, 4.69) is 22.4 Å². The van der Waals surface area contributed by atoms with Crippen LogP contribution in [0.4, 0.5) is 0 Å². The second-order valence-electron chi connectivity index (χ2n) is 8.06. The van der Waals surface area contributed by atoms with Gasteiger partial charge in [-0.15, -0.1) is 0 Å². The predicted octanol–water partition coefficient (Wildman–Crippen LogP) is 4.74. The number of hydrogen-bond acceptors (Lipinski definition) is 3. The first kappa shape index (κ1) is 22.2. The van der Waals surface area contributed by atoms with Gasteiger partial charge < -0.3 is 10.2 Å². The van der Waals surface area contributed by atoms with E-state index in [0.29, 0.717) is 30.6 Å². The van der Waals surface area contributed by atoms with E-state index in [0.717, 1.165) is 16.5 Å². The monoisotopic (exact) mass is 437 g/mol. The number of likely N-dealkylation sites (N-methyl/N-ethyl adjacent to an activating group) is 1. The summed E-state index contributed by atoms with van der Waals surface area (Å²) in [4.78, 5) is 32.0. The molecule has 4 rings (SSSR count). The Hall–Kier alpha value is -3.99. The number of carbonyl (C=O) groups is 2. The van der Waals surface area contributed by atoms with Crippen molar-refractivity contribution in [3.63, 3.8) is 0 Å². The van der Waals surface area contributed by atoms with Gasteiger partial charge in [-0.3, -0.25) is 9.59 Å². The van der Waals surface area contributed by atoms with Gasteiger partial charge in [-0.2, -0.15) is 0 Å². The van der Waals surface area contributed by atoms with Crippen LogP contribution in [-0.4, -0.2) is 41.3 Å². The number of fused-ring (bicyclic) bond motifs is 1. The molecule has 0 aliphatic carbocycles. The quantitative estimate of drug-likeness (QED) is 0.433. The van der Waals surface area contributed by atoms with Gasteiger partial charge >= 0.3 is 0 Å². The van der Waals surface area contributed by atoms with E-state index < -0.39 is 0 Å². The van der Waals surface area contributed by atoms with E-state index in [1.54, 1.807) is 11.0 Å². The molecule has 0 aliphatic rings. The van der Waals surface area contributed by atoms with Gasteiger partial charge in [-0.25, -0.2) is 4.98 Å². The van der Waals surface area contributed by atoms with Crippen LogP contribution in [0.15, 0.2) is 97.1 Å². The summed E-state index contributed by atoms with van der Waals surface area (Å²) in [6.45, 7) is 0.442. The maximum Gasteiger partial charge on any atom is 0.269 e. The number of aromatic nitrogens is 1. The van der Waals surface area contributed by atoms with Crippen molar-refractivity contribution in [1.82, 2.24) is 15.2 Å². The summed E-state index contributed by atoms with van der Waals surface area (Å²) in [6.07, 6.45) is 1.34. The topological polar surface area (TPSA) is 62.3 Å². The lowest BCUT2D eigenvalue weighted by molar-refractivity contribution is 0.0723. The van der Waals surface area contributed by atoms with Crippen LogP contribution in [0.3, 0.4) is 0 Å². The van der Waals surface area contributed by atoms with Crippen LogP contribution in [-0.2, 0) is 6.42 Å². The molecule has 1 heterocycles. The van der Waals surface area contributed by atoms with Gasteiger partial charge in [-0.05, 0) is 42.7 Å². The SMILES string of the molecule is CN(C(=O)c1ccccc1)C(CCNC(=O)c1ccc2ccccc2n1)Cc1ccccc1. The second kappa shape index (κ2) is 10.6. The van der Waals surface area contributed by atoms with E-state index in [-0.39, 0.29) is 17.9 Å². The first-order chi connectivity index (χ1) is 16.1. The summed E-state index contributed by atoms with van der Waals surface area (Å²) < 4.78 is 0. The van der Waals surface area contributed by atoms with Gasteiger partial charge in [0.05, 0.1) is 5.52 Å². The van der Waals surface area contributed by atoms with E-state index in [1.165, 1.54) is 0 Å². The molecular weight excluding hydrogens is 410 g/mol. The Bertz CT molecular complexity index is 1230. The molecule has 0 saturated heterocycles. The number of nitrogens with one attached hydrogen (secondary N) is 1. The van der Waals surface area contributed by atoms with Crippen LogP contribution in [0.5, 0.6) is 0 Å². The second-order valence-corrected chi connectivity index (χ2v) is 8.06. The van der Waals surface area contributed by atoms with Crippen LogP contribution < -0.4 is 5.32 Å². The van der Waals surface area contributed by atoms with E-state index in [9.17, 15) is 9.59 Å². The van der Waals surface area contributed by atoms with Gasteiger partial charge in [0.1, 0.15) is 5.69 Å². The average molecular weight is 438 g/mol. The van der Waals surface area contributed by atoms with Gasteiger partial charge in [-0.1, -0.05) is 72.8 Å². The highest BCUT2D eigenvalue weighted by Crippen LogP contribution is 2.15. The lowest BCUT2D eigenvalue weighted by Crippen LogP contribution is -2.41. The zero-order valence-corrected chi connectivity index (χ0v) is 18.6.